The van der Waals surface area contributed by atoms with E-state index >= 15 is 0 Å². The molecule has 0 aliphatic heterocycles. The Labute approximate surface area is 136 Å². The van der Waals surface area contributed by atoms with Crippen LogP contribution in [0.5, 0.6) is 0 Å². The molecule has 23 heavy (non-hydrogen) atoms. The van der Waals surface area contributed by atoms with E-state index in [9.17, 15) is 26.3 Å². The van der Waals surface area contributed by atoms with Crippen molar-refractivity contribution in [3.8, 4) is 0 Å². The molecule has 0 radical (unpaired) electrons. The van der Waals surface area contributed by atoms with Crippen LogP contribution in [0, 0.1) is 0 Å². The Kier molecular flexibility index (Phi) is 41.2. The Hall–Kier alpha value is -0.217. The van der Waals surface area contributed by atoms with Crippen molar-refractivity contribution < 1.29 is 105 Å². The summed E-state index contributed by atoms with van der Waals surface area (Å²) in [5.41, 5.74) is -11.3. The molecule has 0 bridgehead atoms. The van der Waals surface area contributed by atoms with E-state index in [1.54, 1.807) is 0 Å². The Balaban J connectivity index is -0.0000000187. The molecule has 0 aromatic rings. The predicted molar refractivity (Wildman–Crippen MR) is 53.2 cm³/mol. The fourth-order valence-corrected chi connectivity index (χ4v) is 0. The topological polar surface area (TPSA) is 303 Å². The minimum absolute atomic E-state index is 0. The second kappa shape index (κ2) is 16.6. The molecule has 21 heteroatoms. The van der Waals surface area contributed by atoms with Gasteiger partial charge in [-0.3, -0.25) is 0 Å². The maximum absolute atomic E-state index is 10.7. The Morgan fingerprint density at radius 1 is 0.522 bits per heavy atom. The first-order valence-electron chi connectivity index (χ1n) is 2.54. The molecule has 0 spiro atoms. The Morgan fingerprint density at radius 3 is 0.565 bits per heavy atom. The van der Waals surface area contributed by atoms with Crippen LogP contribution in [0.3, 0.4) is 0 Å². The third-order valence-electron chi connectivity index (χ3n) is 0.567. The normalized spacial score (nSPS) is 9.74. The molecule has 12 nitrogen and oxygen atoms in total. The predicted octanol–water partition coefficient (Wildman–Crippen LogP) is -4.85. The average Bonchev–Trinajstić information content (AvgIpc) is 1.77. The summed E-state index contributed by atoms with van der Waals surface area (Å²) in [4.78, 5) is 0. The third kappa shape index (κ3) is 27.0. The van der Waals surface area contributed by atoms with E-state index in [1.165, 1.54) is 0 Å². The fraction of sp³-hybridized carbons (Fsp3) is 1.00. The number of hydrogen-bond acceptors (Lipinski definition) is 6. The molecular weight excluding hydrogens is 460 g/mol. The van der Waals surface area contributed by atoms with Crippen LogP contribution in [0.1, 0.15) is 0 Å². The number of rotatable bonds is 0. The summed E-state index contributed by atoms with van der Waals surface area (Å²) >= 11 is 0. The van der Waals surface area contributed by atoms with E-state index in [1.807, 2.05) is 0 Å². The number of halogens is 6. The van der Waals surface area contributed by atoms with Crippen molar-refractivity contribution in [2.75, 3.05) is 0 Å². The van der Waals surface area contributed by atoms with Crippen molar-refractivity contribution in [2.24, 2.45) is 0 Å². The third-order valence-corrected chi connectivity index (χ3v) is 1.70. The van der Waals surface area contributed by atoms with E-state index in [4.69, 9.17) is 25.9 Å². The van der Waals surface area contributed by atoms with Gasteiger partial charge in [-0.05, 0) is 0 Å². The van der Waals surface area contributed by atoms with Gasteiger partial charge in [-0.25, -0.2) is 16.8 Å². The molecule has 148 valence electrons. The smallest absolute Gasteiger partial charge is 0.741 e. The first-order chi connectivity index (χ1) is 6.50. The van der Waals surface area contributed by atoms with Crippen molar-refractivity contribution in [3.63, 3.8) is 0 Å². The quantitative estimate of drug-likeness (QED) is 0.144. The van der Waals surface area contributed by atoms with Crippen LogP contribution in [0.15, 0.2) is 0 Å². The maximum Gasteiger partial charge on any atom is 2.00 e. The molecule has 0 aromatic heterocycles. The van der Waals surface area contributed by atoms with Gasteiger partial charge < -0.3 is 42.0 Å². The molecule has 0 amide bonds. The largest absolute Gasteiger partial charge is 2.00 e. The van der Waals surface area contributed by atoms with E-state index in [0.29, 0.717) is 0 Å². The van der Waals surface area contributed by atoms with Crippen molar-refractivity contribution in [3.05, 3.63) is 0 Å². The molecule has 0 atom stereocenters. The summed E-state index contributed by atoms with van der Waals surface area (Å²) in [6.45, 7) is 0. The van der Waals surface area contributed by atoms with E-state index in [2.05, 4.69) is 0 Å². The number of alkyl halides is 6. The van der Waals surface area contributed by atoms with Gasteiger partial charge in [0.1, 0.15) is 0 Å². The maximum atomic E-state index is 10.7. The molecule has 0 aliphatic rings. The molecule has 0 aromatic carbocycles. The van der Waals surface area contributed by atoms with Crippen molar-refractivity contribution >= 4 is 20.2 Å². The van der Waals surface area contributed by atoms with Gasteiger partial charge in [0.05, 0.1) is 0 Å². The van der Waals surface area contributed by atoms with Crippen LogP contribution in [0.4, 0.5) is 26.3 Å². The van der Waals surface area contributed by atoms with Crippen molar-refractivity contribution in [1.82, 2.24) is 0 Å². The molecule has 0 fully saturated rings. The van der Waals surface area contributed by atoms with Crippen LogP contribution in [0.2, 0.25) is 0 Å². The van der Waals surface area contributed by atoms with Crippen LogP contribution in [-0.2, 0) is 39.7 Å². The molecule has 0 unspecified atom stereocenters. The summed E-state index contributed by atoms with van der Waals surface area (Å²) in [6.07, 6.45) is 0. The minimum Gasteiger partial charge on any atom is -0.741 e. The summed E-state index contributed by atoms with van der Waals surface area (Å²) < 4.78 is 118. The molecule has 0 heterocycles. The van der Waals surface area contributed by atoms with Gasteiger partial charge in [0.15, 0.2) is 20.2 Å². The first-order valence-corrected chi connectivity index (χ1v) is 5.36. The molecule has 12 N–H and O–H groups in total. The van der Waals surface area contributed by atoms with Crippen molar-refractivity contribution in [2.45, 2.75) is 11.0 Å². The average molecular weight is 472 g/mol. The standard InChI is InChI=1S/2CHF3O3S.6H2O.Zn/c2*2-1(3,4)8(5,6)7;;;;;;;/h2*(H,5,6,7);6*1H2;/q;;;;;;;;+2/p-2. The summed E-state index contributed by atoms with van der Waals surface area (Å²) in [5, 5.41) is 0. The monoisotopic (exact) mass is 470 g/mol. The second-order valence-electron chi connectivity index (χ2n) is 1.80. The SMILES string of the molecule is O.O.O.O.O.O.O=S(=O)([O-])C(F)(F)F.O=S(=O)([O-])C(F)(F)F.[Zn+2]. The van der Waals surface area contributed by atoms with Gasteiger partial charge in [0.25, 0.3) is 0 Å². The van der Waals surface area contributed by atoms with E-state index in [-0.39, 0.29) is 52.3 Å². The first kappa shape index (κ1) is 56.9. The minimum atomic E-state index is -6.09. The molecular formula is C2H12F6O12S2Zn. The van der Waals surface area contributed by atoms with Crippen LogP contribution >= 0.6 is 0 Å². The zero-order chi connectivity index (χ0) is 14.0. The molecule has 0 rings (SSSR count). The van der Waals surface area contributed by atoms with Gasteiger partial charge in [-0.1, -0.05) is 0 Å². The van der Waals surface area contributed by atoms with Gasteiger partial charge in [0, 0.05) is 0 Å². The molecule has 0 aliphatic carbocycles. The van der Waals surface area contributed by atoms with E-state index in [0.717, 1.165) is 0 Å². The summed E-state index contributed by atoms with van der Waals surface area (Å²) in [6, 6.07) is 0. The Morgan fingerprint density at radius 2 is 0.565 bits per heavy atom. The van der Waals surface area contributed by atoms with Crippen LogP contribution in [0.25, 0.3) is 0 Å². The van der Waals surface area contributed by atoms with E-state index < -0.39 is 31.3 Å². The van der Waals surface area contributed by atoms with Gasteiger partial charge in [0.2, 0.25) is 0 Å². The summed E-state index contributed by atoms with van der Waals surface area (Å²) in [5.74, 6) is 0. The Bertz CT molecular complexity index is 381. The van der Waals surface area contributed by atoms with Gasteiger partial charge in [-0.15, -0.1) is 0 Å². The summed E-state index contributed by atoms with van der Waals surface area (Å²) in [7, 11) is -12.2. The van der Waals surface area contributed by atoms with Crippen molar-refractivity contribution in [1.29, 1.82) is 0 Å². The number of hydrogen-bond donors (Lipinski definition) is 0. The zero-order valence-electron chi connectivity index (χ0n) is 10.2. The fourth-order valence-electron chi connectivity index (χ4n) is 0. The zero-order valence-corrected chi connectivity index (χ0v) is 14.8. The van der Waals surface area contributed by atoms with Gasteiger partial charge in [-0.2, -0.15) is 26.3 Å². The molecule has 0 saturated heterocycles. The molecule has 0 saturated carbocycles. The van der Waals surface area contributed by atoms with Crippen LogP contribution < -0.4 is 0 Å². The van der Waals surface area contributed by atoms with Crippen LogP contribution in [-0.4, -0.2) is 69.8 Å². The van der Waals surface area contributed by atoms with Gasteiger partial charge >= 0.3 is 30.5 Å². The second-order valence-corrected chi connectivity index (χ2v) is 4.54.